The molecule has 3 rings (SSSR count). The highest BCUT2D eigenvalue weighted by Gasteiger charge is 2.39. The van der Waals surface area contributed by atoms with E-state index in [1.807, 2.05) is 0 Å². The molecule has 1 unspecified atom stereocenters. The van der Waals surface area contributed by atoms with Crippen LogP contribution in [0.4, 0.5) is 13.2 Å². The second kappa shape index (κ2) is 8.31. The Balaban J connectivity index is 1.81. The summed E-state index contributed by atoms with van der Waals surface area (Å²) in [4.78, 5) is 8.19. The lowest BCUT2D eigenvalue weighted by molar-refractivity contribution is -0.142. The zero-order valence-electron chi connectivity index (χ0n) is 15.2. The number of nitrogens with two attached hydrogens (primary N) is 1. The van der Waals surface area contributed by atoms with Crippen molar-refractivity contribution >= 4 is 17.2 Å². The number of fused-ring (bicyclic) bond motifs is 1. The van der Waals surface area contributed by atoms with Gasteiger partial charge in [-0.25, -0.2) is 9.98 Å². The van der Waals surface area contributed by atoms with Gasteiger partial charge in [0.15, 0.2) is 11.9 Å². The summed E-state index contributed by atoms with van der Waals surface area (Å²) < 4.78 is 41.3. The number of halogens is 3. The van der Waals surface area contributed by atoms with Crippen LogP contribution in [0, 0.1) is 0 Å². The third kappa shape index (κ3) is 4.53. The minimum atomic E-state index is -4.47. The molecule has 0 aliphatic heterocycles. The fraction of sp³-hybridized carbons (Fsp3) is 0.471. The lowest BCUT2D eigenvalue weighted by Gasteiger charge is -2.14. The van der Waals surface area contributed by atoms with Crippen LogP contribution in [0.5, 0.6) is 0 Å². The first-order valence-electron chi connectivity index (χ1n) is 8.74. The first-order chi connectivity index (χ1) is 13.3. The summed E-state index contributed by atoms with van der Waals surface area (Å²) in [5, 5.41) is 18.9. The van der Waals surface area contributed by atoms with Gasteiger partial charge in [-0.15, -0.1) is 11.3 Å². The molecule has 1 aliphatic rings. The van der Waals surface area contributed by atoms with Gasteiger partial charge in [0.1, 0.15) is 16.5 Å². The van der Waals surface area contributed by atoms with E-state index in [1.165, 1.54) is 22.1 Å². The maximum atomic E-state index is 13.3. The van der Waals surface area contributed by atoms with Crippen LogP contribution >= 0.6 is 11.3 Å². The Labute approximate surface area is 163 Å². The predicted octanol–water partition coefficient (Wildman–Crippen LogP) is 2.37. The average Bonchev–Trinajstić information content (AvgIpc) is 3.25. The fourth-order valence-electron chi connectivity index (χ4n) is 3.09. The molecule has 0 saturated carbocycles. The molecule has 0 radical (unpaired) electrons. The van der Waals surface area contributed by atoms with Crippen molar-refractivity contribution in [3.63, 3.8) is 0 Å². The summed E-state index contributed by atoms with van der Waals surface area (Å²) in [5.74, 6) is 0.118. The molecule has 1 aliphatic carbocycles. The van der Waals surface area contributed by atoms with E-state index in [0.29, 0.717) is 29.1 Å². The summed E-state index contributed by atoms with van der Waals surface area (Å²) in [6.45, 7) is 0.120. The maximum absolute atomic E-state index is 13.3. The molecule has 0 amide bonds. The van der Waals surface area contributed by atoms with Gasteiger partial charge in [0.05, 0.1) is 6.54 Å². The van der Waals surface area contributed by atoms with Gasteiger partial charge in [0, 0.05) is 23.7 Å². The number of hydrogen-bond acceptors (Lipinski definition) is 6. The third-order valence-electron chi connectivity index (χ3n) is 4.34. The number of rotatable bonds is 6. The fourth-order valence-corrected chi connectivity index (χ4v) is 3.88. The molecule has 1 atom stereocenters. The molecule has 152 valence electrons. The number of aliphatic imine (C=N–C) groups is 1. The summed E-state index contributed by atoms with van der Waals surface area (Å²) in [6, 6.07) is 0. The predicted molar refractivity (Wildman–Crippen MR) is 99.9 cm³/mol. The zero-order valence-corrected chi connectivity index (χ0v) is 16.0. The van der Waals surface area contributed by atoms with Crippen molar-refractivity contribution in [2.24, 2.45) is 10.7 Å². The van der Waals surface area contributed by atoms with Gasteiger partial charge < -0.3 is 16.2 Å². The first kappa shape index (κ1) is 20.3. The number of nitrogens with zero attached hydrogens (tertiary/aromatic N) is 4. The molecule has 4 N–H and O–H groups in total. The molecular weight excluding hydrogens is 393 g/mol. The minimum Gasteiger partial charge on any atom is -0.394 e. The van der Waals surface area contributed by atoms with Gasteiger partial charge in [0.25, 0.3) is 0 Å². The van der Waals surface area contributed by atoms with Crippen molar-refractivity contribution in [3.05, 3.63) is 45.3 Å². The van der Waals surface area contributed by atoms with Crippen LogP contribution in [0.1, 0.15) is 46.7 Å². The van der Waals surface area contributed by atoms with Gasteiger partial charge in [-0.2, -0.15) is 18.3 Å². The van der Waals surface area contributed by atoms with Gasteiger partial charge in [-0.05, 0) is 38.0 Å². The largest absolute Gasteiger partial charge is 0.435 e. The number of thiazole rings is 1. The van der Waals surface area contributed by atoms with E-state index < -0.39 is 18.1 Å². The van der Waals surface area contributed by atoms with Crippen LogP contribution in [-0.4, -0.2) is 32.8 Å². The quantitative estimate of drug-likeness (QED) is 0.498. The van der Waals surface area contributed by atoms with E-state index >= 15 is 0 Å². The second-order valence-corrected chi connectivity index (χ2v) is 7.29. The van der Waals surface area contributed by atoms with E-state index in [9.17, 15) is 18.3 Å². The van der Waals surface area contributed by atoms with Crippen LogP contribution in [0.2, 0.25) is 0 Å². The second-order valence-electron chi connectivity index (χ2n) is 6.35. The monoisotopic (exact) mass is 414 g/mol. The van der Waals surface area contributed by atoms with Crippen molar-refractivity contribution in [1.29, 1.82) is 0 Å². The summed E-state index contributed by atoms with van der Waals surface area (Å²) >= 11 is 1.23. The Morgan fingerprint density at radius 1 is 1.46 bits per heavy atom. The van der Waals surface area contributed by atoms with Crippen molar-refractivity contribution < 1.29 is 18.3 Å². The zero-order chi connectivity index (χ0) is 20.3. The lowest BCUT2D eigenvalue weighted by atomic mass is 9.95. The van der Waals surface area contributed by atoms with Gasteiger partial charge in [-0.3, -0.25) is 4.68 Å². The minimum absolute atomic E-state index is 0.118. The number of hydrogen-bond donors (Lipinski definition) is 3. The van der Waals surface area contributed by atoms with Crippen molar-refractivity contribution in [2.75, 3.05) is 7.05 Å². The van der Waals surface area contributed by atoms with Crippen LogP contribution in [0.15, 0.2) is 22.6 Å². The van der Waals surface area contributed by atoms with Gasteiger partial charge in [-0.1, -0.05) is 0 Å². The van der Waals surface area contributed by atoms with Crippen molar-refractivity contribution in [3.8, 4) is 0 Å². The Bertz CT molecular complexity index is 886. The van der Waals surface area contributed by atoms with E-state index in [0.717, 1.165) is 12.8 Å². The number of alkyl halides is 3. The van der Waals surface area contributed by atoms with Gasteiger partial charge >= 0.3 is 6.18 Å². The average molecular weight is 414 g/mol. The molecule has 0 spiro atoms. The third-order valence-corrected chi connectivity index (χ3v) is 5.19. The summed E-state index contributed by atoms with van der Waals surface area (Å²) in [5.41, 5.74) is 6.07. The lowest BCUT2D eigenvalue weighted by Crippen LogP contribution is -2.12. The number of amidine groups is 1. The van der Waals surface area contributed by atoms with Crippen LogP contribution < -0.4 is 11.1 Å². The topological polar surface area (TPSA) is 101 Å². The highest BCUT2D eigenvalue weighted by atomic mass is 32.1. The van der Waals surface area contributed by atoms with Crippen LogP contribution in [0.25, 0.3) is 0 Å². The SMILES string of the molecule is CN/C=C\C(N)=NC(O)c1csc(Cn2nc(C(F)(F)F)c3c2CCCC3)n1. The Morgan fingerprint density at radius 3 is 2.93 bits per heavy atom. The van der Waals surface area contributed by atoms with Crippen LogP contribution in [0.3, 0.4) is 0 Å². The molecule has 2 heterocycles. The standard InChI is InChI=1S/C17H21F3N6OS/c1-22-7-6-13(21)24-16(27)11-9-28-14(23-11)8-26-12-5-3-2-4-10(12)15(25-26)17(18,19)20/h6-7,9,16,22,27H,2-5,8H2,1H3,(H2,21,24)/b7-6-. The molecule has 7 nitrogen and oxygen atoms in total. The number of aliphatic hydroxyl groups is 1. The number of nitrogens with one attached hydrogen (secondary N) is 1. The smallest absolute Gasteiger partial charge is 0.394 e. The van der Waals surface area contributed by atoms with E-state index in [4.69, 9.17) is 5.73 Å². The molecule has 11 heteroatoms. The molecule has 0 aromatic carbocycles. The Morgan fingerprint density at radius 2 is 2.21 bits per heavy atom. The molecule has 0 saturated heterocycles. The van der Waals surface area contributed by atoms with Crippen LogP contribution in [-0.2, 0) is 25.6 Å². The molecule has 28 heavy (non-hydrogen) atoms. The van der Waals surface area contributed by atoms with Crippen molar-refractivity contribution in [2.45, 2.75) is 44.6 Å². The maximum Gasteiger partial charge on any atom is 0.435 e. The molecule has 2 aromatic heterocycles. The summed E-state index contributed by atoms with van der Waals surface area (Å²) in [7, 11) is 1.70. The number of aromatic nitrogens is 3. The number of aliphatic hydroxyl groups excluding tert-OH is 1. The first-order valence-corrected chi connectivity index (χ1v) is 9.62. The van der Waals surface area contributed by atoms with Gasteiger partial charge in [0.2, 0.25) is 0 Å². The van der Waals surface area contributed by atoms with Crippen molar-refractivity contribution in [1.82, 2.24) is 20.1 Å². The highest BCUT2D eigenvalue weighted by molar-refractivity contribution is 7.09. The Kier molecular flexibility index (Phi) is 6.04. The summed E-state index contributed by atoms with van der Waals surface area (Å²) in [6.07, 6.45) is -0.128. The van der Waals surface area contributed by atoms with E-state index in [-0.39, 0.29) is 18.1 Å². The molecular formula is C17H21F3N6OS. The normalized spacial score (nSPS) is 16.4. The molecule has 0 bridgehead atoms. The molecule has 0 fully saturated rings. The Hall–Kier alpha value is -2.40. The van der Waals surface area contributed by atoms with E-state index in [2.05, 4.69) is 20.4 Å². The highest BCUT2D eigenvalue weighted by Crippen LogP contribution is 2.36. The molecule has 2 aromatic rings. The van der Waals surface area contributed by atoms with E-state index in [1.54, 1.807) is 18.6 Å².